The van der Waals surface area contributed by atoms with Crippen molar-refractivity contribution in [2.75, 3.05) is 13.7 Å². The van der Waals surface area contributed by atoms with E-state index in [0.29, 0.717) is 6.42 Å². The molecule has 0 fully saturated rings. The molecule has 0 atom stereocenters. The van der Waals surface area contributed by atoms with E-state index in [9.17, 15) is 0 Å². The molecule has 0 bridgehead atoms. The average Bonchev–Trinajstić information content (AvgIpc) is 2.89. The molecule has 0 radical (unpaired) electrons. The lowest BCUT2D eigenvalue weighted by Crippen LogP contribution is -2.16. The lowest BCUT2D eigenvalue weighted by atomic mass is 10.2. The van der Waals surface area contributed by atoms with Gasteiger partial charge < -0.3 is 5.11 Å². The fraction of sp³-hybridized carbons (Fsp3) is 0.294. The quantitative estimate of drug-likeness (QED) is 0.848. The molecule has 0 aliphatic carbocycles. The maximum absolute atomic E-state index is 8.71. The second-order valence-electron chi connectivity index (χ2n) is 4.88. The minimum absolute atomic E-state index is 0.119. The van der Waals surface area contributed by atoms with Crippen molar-refractivity contribution >= 4 is 22.9 Å². The van der Waals surface area contributed by atoms with E-state index in [4.69, 9.17) is 16.7 Å². The van der Waals surface area contributed by atoms with E-state index in [2.05, 4.69) is 47.4 Å². The smallest absolute Gasteiger partial charge is 0.0540 e. The van der Waals surface area contributed by atoms with Gasteiger partial charge in [0.05, 0.1) is 6.61 Å². The standard InChI is InChI=1S/C17H18ClNOS/c1-19(11-14-5-7-16(18)8-6-14)12-17-10-15(13-21-17)4-2-3-9-20/h5-8,10,13,20H,3,9,11-12H2,1H3. The van der Waals surface area contributed by atoms with Gasteiger partial charge in [-0.15, -0.1) is 11.3 Å². The molecule has 1 aromatic carbocycles. The van der Waals surface area contributed by atoms with Crippen molar-refractivity contribution in [3.8, 4) is 11.8 Å². The molecular weight excluding hydrogens is 302 g/mol. The summed E-state index contributed by atoms with van der Waals surface area (Å²) in [7, 11) is 2.10. The summed E-state index contributed by atoms with van der Waals surface area (Å²) < 4.78 is 0. The van der Waals surface area contributed by atoms with E-state index in [0.717, 1.165) is 23.7 Å². The van der Waals surface area contributed by atoms with Crippen LogP contribution in [0.3, 0.4) is 0 Å². The van der Waals surface area contributed by atoms with Gasteiger partial charge >= 0.3 is 0 Å². The Bertz CT molecular complexity index is 624. The van der Waals surface area contributed by atoms with E-state index in [1.54, 1.807) is 11.3 Å². The van der Waals surface area contributed by atoms with E-state index in [-0.39, 0.29) is 6.61 Å². The number of rotatable bonds is 5. The van der Waals surface area contributed by atoms with Crippen LogP contribution in [0, 0.1) is 11.8 Å². The topological polar surface area (TPSA) is 23.5 Å². The monoisotopic (exact) mass is 319 g/mol. The number of hydrogen-bond acceptors (Lipinski definition) is 3. The highest BCUT2D eigenvalue weighted by Crippen LogP contribution is 2.17. The molecule has 1 heterocycles. The van der Waals surface area contributed by atoms with Crippen molar-refractivity contribution in [1.82, 2.24) is 4.90 Å². The van der Waals surface area contributed by atoms with Crippen LogP contribution in [0.5, 0.6) is 0 Å². The van der Waals surface area contributed by atoms with Gasteiger partial charge in [0.1, 0.15) is 0 Å². The number of aliphatic hydroxyl groups excluding tert-OH is 1. The zero-order valence-corrected chi connectivity index (χ0v) is 13.5. The zero-order valence-electron chi connectivity index (χ0n) is 12.0. The molecule has 0 spiro atoms. The summed E-state index contributed by atoms with van der Waals surface area (Å²) in [6.07, 6.45) is 0.529. The maximum Gasteiger partial charge on any atom is 0.0540 e. The van der Waals surface area contributed by atoms with Gasteiger partial charge in [-0.1, -0.05) is 35.6 Å². The molecule has 0 unspecified atom stereocenters. The third-order valence-electron chi connectivity index (χ3n) is 2.91. The summed E-state index contributed by atoms with van der Waals surface area (Å²) in [6.45, 7) is 1.91. The molecule has 2 aromatic rings. The molecule has 0 aliphatic heterocycles. The average molecular weight is 320 g/mol. The Kier molecular flexibility index (Phi) is 6.28. The van der Waals surface area contributed by atoms with Crippen LogP contribution < -0.4 is 0 Å². The normalized spacial score (nSPS) is 10.5. The van der Waals surface area contributed by atoms with E-state index >= 15 is 0 Å². The molecule has 0 amide bonds. The zero-order chi connectivity index (χ0) is 15.1. The maximum atomic E-state index is 8.71. The molecule has 1 N–H and O–H groups in total. The number of halogens is 1. The van der Waals surface area contributed by atoms with Gasteiger partial charge in [-0.25, -0.2) is 0 Å². The molecule has 0 saturated heterocycles. The minimum Gasteiger partial charge on any atom is -0.395 e. The fourth-order valence-corrected chi connectivity index (χ4v) is 2.99. The van der Waals surface area contributed by atoms with Crippen molar-refractivity contribution in [3.63, 3.8) is 0 Å². The van der Waals surface area contributed by atoms with Gasteiger partial charge in [-0.05, 0) is 30.8 Å². The molecule has 1 aromatic heterocycles. The first-order valence-corrected chi connectivity index (χ1v) is 8.03. The van der Waals surface area contributed by atoms with Crippen LogP contribution >= 0.6 is 22.9 Å². The summed E-state index contributed by atoms with van der Waals surface area (Å²) in [5.74, 6) is 6.01. The van der Waals surface area contributed by atoms with Crippen LogP contribution in [0.4, 0.5) is 0 Å². The predicted molar refractivity (Wildman–Crippen MR) is 89.5 cm³/mol. The van der Waals surface area contributed by atoms with E-state index < -0.39 is 0 Å². The van der Waals surface area contributed by atoms with E-state index in [1.165, 1.54) is 10.4 Å². The second-order valence-corrected chi connectivity index (χ2v) is 6.31. The molecule has 0 saturated carbocycles. The second kappa shape index (κ2) is 8.21. The third-order valence-corrected chi connectivity index (χ3v) is 4.09. The molecule has 0 aliphatic rings. The number of nitrogens with zero attached hydrogens (tertiary/aromatic N) is 1. The Morgan fingerprint density at radius 1 is 1.24 bits per heavy atom. The highest BCUT2D eigenvalue weighted by Gasteiger charge is 2.04. The van der Waals surface area contributed by atoms with Crippen LogP contribution in [0.15, 0.2) is 35.7 Å². The van der Waals surface area contributed by atoms with Crippen LogP contribution in [-0.2, 0) is 13.1 Å². The van der Waals surface area contributed by atoms with Crippen LogP contribution in [0.1, 0.15) is 22.4 Å². The van der Waals surface area contributed by atoms with Crippen molar-refractivity contribution in [2.24, 2.45) is 0 Å². The lowest BCUT2D eigenvalue weighted by molar-refractivity contribution is 0.305. The Labute approximate surface area is 135 Å². The Morgan fingerprint density at radius 2 is 2.00 bits per heavy atom. The van der Waals surface area contributed by atoms with Gasteiger partial charge in [0, 0.05) is 40.4 Å². The van der Waals surface area contributed by atoms with Gasteiger partial charge in [0.15, 0.2) is 0 Å². The number of benzene rings is 1. The fourth-order valence-electron chi connectivity index (χ4n) is 1.97. The molecule has 110 valence electrons. The number of hydrogen-bond donors (Lipinski definition) is 1. The first-order valence-electron chi connectivity index (χ1n) is 6.77. The number of aliphatic hydroxyl groups is 1. The summed E-state index contributed by atoms with van der Waals surface area (Å²) in [5.41, 5.74) is 2.28. The van der Waals surface area contributed by atoms with Crippen molar-refractivity contribution in [1.29, 1.82) is 0 Å². The van der Waals surface area contributed by atoms with Crippen LogP contribution in [-0.4, -0.2) is 23.7 Å². The van der Waals surface area contributed by atoms with Crippen LogP contribution in [0.25, 0.3) is 0 Å². The summed E-state index contributed by atoms with van der Waals surface area (Å²) >= 11 is 7.61. The lowest BCUT2D eigenvalue weighted by Gasteiger charge is -2.15. The molecule has 4 heteroatoms. The van der Waals surface area contributed by atoms with E-state index in [1.807, 2.05) is 12.1 Å². The highest BCUT2D eigenvalue weighted by atomic mass is 35.5. The Hall–Kier alpha value is -1.31. The minimum atomic E-state index is 0.119. The largest absolute Gasteiger partial charge is 0.395 e. The van der Waals surface area contributed by atoms with Gasteiger partial charge in [-0.2, -0.15) is 0 Å². The van der Waals surface area contributed by atoms with Crippen molar-refractivity contribution in [2.45, 2.75) is 19.5 Å². The SMILES string of the molecule is CN(Cc1ccc(Cl)cc1)Cc1cc(C#CCCO)cs1. The van der Waals surface area contributed by atoms with Crippen molar-refractivity contribution in [3.05, 3.63) is 56.7 Å². The number of thiophene rings is 1. The molecule has 2 rings (SSSR count). The molecular formula is C17H18ClNOS. The third kappa shape index (κ3) is 5.53. The first-order chi connectivity index (χ1) is 10.2. The first kappa shape index (κ1) is 16.1. The Balaban J connectivity index is 1.89. The van der Waals surface area contributed by atoms with Gasteiger partial charge in [0.25, 0.3) is 0 Å². The highest BCUT2D eigenvalue weighted by molar-refractivity contribution is 7.10. The predicted octanol–water partition coefficient (Wildman–Crippen LogP) is 3.77. The van der Waals surface area contributed by atoms with Crippen molar-refractivity contribution < 1.29 is 5.11 Å². The van der Waals surface area contributed by atoms with Gasteiger partial charge in [-0.3, -0.25) is 4.90 Å². The summed E-state index contributed by atoms with van der Waals surface area (Å²) in [6, 6.07) is 10.1. The van der Waals surface area contributed by atoms with Gasteiger partial charge in [0.2, 0.25) is 0 Å². The molecule has 21 heavy (non-hydrogen) atoms. The Morgan fingerprint density at radius 3 is 2.71 bits per heavy atom. The van der Waals surface area contributed by atoms with Crippen LogP contribution in [0.2, 0.25) is 5.02 Å². The summed E-state index contributed by atoms with van der Waals surface area (Å²) in [5, 5.41) is 11.5. The summed E-state index contributed by atoms with van der Waals surface area (Å²) in [4.78, 5) is 3.56. The molecule has 2 nitrogen and oxygen atoms in total.